The summed E-state index contributed by atoms with van der Waals surface area (Å²) in [6, 6.07) is 0. The molecule has 1 aliphatic carbocycles. The largest absolute Gasteiger partial charge is 0.477 e. The number of hydrogen-bond donors (Lipinski definition) is 1. The van der Waals surface area contributed by atoms with E-state index in [1.165, 1.54) is 0 Å². The van der Waals surface area contributed by atoms with Crippen LogP contribution in [0.4, 0.5) is 0 Å². The molecule has 0 aromatic rings. The van der Waals surface area contributed by atoms with E-state index in [9.17, 15) is 14.4 Å². The molecule has 0 amide bonds. The standard InChI is InChI=1S/C16H24NO5/c1-15(2,3)22-14(21)16(4,17-10-12(18)19)13(20)11-8-6-5-7-9-11/h10-11H,4-9H2,1-3H3,(H,18,19)/t16-/m0/s1. The van der Waals surface area contributed by atoms with E-state index in [1.807, 2.05) is 0 Å². The van der Waals surface area contributed by atoms with E-state index in [0.29, 0.717) is 19.1 Å². The highest BCUT2D eigenvalue weighted by molar-refractivity contribution is 6.24. The Morgan fingerprint density at radius 1 is 1.18 bits per heavy atom. The SMILES string of the molecule is [CH2][C@@](N=CC(=O)O)(C(=O)OC(C)(C)C)C(=O)C1CCCCC1. The summed E-state index contributed by atoms with van der Waals surface area (Å²) >= 11 is 0. The number of carbonyl (C=O) groups excluding carboxylic acids is 2. The van der Waals surface area contributed by atoms with E-state index < -0.39 is 28.9 Å². The van der Waals surface area contributed by atoms with Gasteiger partial charge in [-0.05, 0) is 40.5 Å². The molecule has 1 radical (unpaired) electrons. The van der Waals surface area contributed by atoms with E-state index in [4.69, 9.17) is 9.84 Å². The summed E-state index contributed by atoms with van der Waals surface area (Å²) in [4.78, 5) is 39.4. The van der Waals surface area contributed by atoms with Crippen molar-refractivity contribution in [3.05, 3.63) is 6.92 Å². The quantitative estimate of drug-likeness (QED) is 0.477. The van der Waals surface area contributed by atoms with Gasteiger partial charge in [0.05, 0.1) is 0 Å². The van der Waals surface area contributed by atoms with Crippen LogP contribution in [0.15, 0.2) is 4.99 Å². The van der Waals surface area contributed by atoms with Crippen molar-refractivity contribution in [1.29, 1.82) is 0 Å². The third kappa shape index (κ3) is 4.93. The summed E-state index contributed by atoms with van der Waals surface area (Å²) < 4.78 is 5.22. The van der Waals surface area contributed by atoms with Gasteiger partial charge in [0, 0.05) is 5.92 Å². The molecule has 0 aliphatic heterocycles. The summed E-state index contributed by atoms with van der Waals surface area (Å²) in [6.07, 6.45) is 4.74. The molecule has 1 N–H and O–H groups in total. The van der Waals surface area contributed by atoms with Crippen molar-refractivity contribution in [2.75, 3.05) is 0 Å². The summed E-state index contributed by atoms with van der Waals surface area (Å²) in [5, 5.41) is 8.74. The third-order valence-corrected chi connectivity index (χ3v) is 3.52. The maximum Gasteiger partial charge on any atom is 0.346 e. The minimum absolute atomic E-state index is 0.329. The van der Waals surface area contributed by atoms with E-state index in [1.54, 1.807) is 20.8 Å². The fraction of sp³-hybridized carbons (Fsp3) is 0.688. The minimum Gasteiger partial charge on any atom is -0.477 e. The van der Waals surface area contributed by atoms with Crippen LogP contribution in [0.3, 0.4) is 0 Å². The number of carbonyl (C=O) groups is 3. The molecule has 0 saturated heterocycles. The first-order valence-corrected chi connectivity index (χ1v) is 7.47. The first kappa shape index (κ1) is 18.3. The number of nitrogens with zero attached hydrogens (tertiary/aromatic N) is 1. The lowest BCUT2D eigenvalue weighted by atomic mass is 9.79. The van der Waals surface area contributed by atoms with Gasteiger partial charge in [-0.3, -0.25) is 9.79 Å². The van der Waals surface area contributed by atoms with Crippen LogP contribution in [-0.2, 0) is 19.1 Å². The highest BCUT2D eigenvalue weighted by Gasteiger charge is 2.47. The normalized spacial score (nSPS) is 19.6. The highest BCUT2D eigenvalue weighted by atomic mass is 16.6. The number of ketones is 1. The van der Waals surface area contributed by atoms with Crippen molar-refractivity contribution in [3.63, 3.8) is 0 Å². The molecular formula is C16H24NO5. The molecule has 0 unspecified atom stereocenters. The molecular weight excluding hydrogens is 286 g/mol. The van der Waals surface area contributed by atoms with Crippen LogP contribution >= 0.6 is 0 Å². The Bertz CT molecular complexity index is 471. The van der Waals surface area contributed by atoms with Gasteiger partial charge in [-0.25, -0.2) is 9.59 Å². The first-order valence-electron chi connectivity index (χ1n) is 7.47. The topological polar surface area (TPSA) is 93.0 Å². The summed E-state index contributed by atoms with van der Waals surface area (Å²) in [6.45, 7) is 8.61. The van der Waals surface area contributed by atoms with E-state index >= 15 is 0 Å². The zero-order valence-corrected chi connectivity index (χ0v) is 13.4. The fourth-order valence-electron chi connectivity index (χ4n) is 2.45. The van der Waals surface area contributed by atoms with Gasteiger partial charge in [-0.15, -0.1) is 0 Å². The molecule has 0 aromatic carbocycles. The molecule has 22 heavy (non-hydrogen) atoms. The molecule has 1 saturated carbocycles. The Labute approximate surface area is 130 Å². The molecule has 1 fully saturated rings. The Kier molecular flexibility index (Phi) is 5.85. The third-order valence-electron chi connectivity index (χ3n) is 3.52. The van der Waals surface area contributed by atoms with E-state index in [2.05, 4.69) is 11.9 Å². The second-order valence-corrected chi connectivity index (χ2v) is 6.66. The van der Waals surface area contributed by atoms with Crippen molar-refractivity contribution < 1.29 is 24.2 Å². The van der Waals surface area contributed by atoms with Crippen LogP contribution in [0.25, 0.3) is 0 Å². The van der Waals surface area contributed by atoms with Crippen LogP contribution < -0.4 is 0 Å². The van der Waals surface area contributed by atoms with Gasteiger partial charge in [-0.1, -0.05) is 19.3 Å². The van der Waals surface area contributed by atoms with Gasteiger partial charge in [0.1, 0.15) is 11.8 Å². The van der Waals surface area contributed by atoms with Gasteiger partial charge >= 0.3 is 11.9 Å². The van der Waals surface area contributed by atoms with Crippen molar-refractivity contribution in [2.24, 2.45) is 10.9 Å². The van der Waals surface area contributed by atoms with Gasteiger partial charge in [-0.2, -0.15) is 0 Å². The zero-order valence-electron chi connectivity index (χ0n) is 13.4. The van der Waals surface area contributed by atoms with Gasteiger partial charge in [0.25, 0.3) is 0 Å². The molecule has 6 heteroatoms. The molecule has 1 aliphatic rings. The molecule has 123 valence electrons. The smallest absolute Gasteiger partial charge is 0.346 e. The predicted octanol–water partition coefficient (Wildman–Crippen LogP) is 2.21. The van der Waals surface area contributed by atoms with Gasteiger partial charge < -0.3 is 9.84 Å². The Morgan fingerprint density at radius 2 is 1.73 bits per heavy atom. The van der Waals surface area contributed by atoms with Crippen LogP contribution in [0.5, 0.6) is 0 Å². The first-order chi connectivity index (χ1) is 10.1. The number of Topliss-reactive ketones (excluding diaryl/α,β-unsaturated/α-hetero) is 1. The van der Waals surface area contributed by atoms with Crippen LogP contribution in [-0.4, -0.2) is 40.2 Å². The summed E-state index contributed by atoms with van der Waals surface area (Å²) in [7, 11) is 0. The molecule has 0 bridgehead atoms. The van der Waals surface area contributed by atoms with Crippen LogP contribution in [0.2, 0.25) is 0 Å². The zero-order chi connectivity index (χ0) is 17.0. The van der Waals surface area contributed by atoms with Gasteiger partial charge in [0.15, 0.2) is 5.78 Å². The van der Waals surface area contributed by atoms with Gasteiger partial charge in [0.2, 0.25) is 5.54 Å². The monoisotopic (exact) mass is 310 g/mol. The fourth-order valence-corrected chi connectivity index (χ4v) is 2.45. The lowest BCUT2D eigenvalue weighted by molar-refractivity contribution is -0.162. The van der Waals surface area contributed by atoms with Crippen LogP contribution in [0.1, 0.15) is 52.9 Å². The van der Waals surface area contributed by atoms with Crippen molar-refractivity contribution in [3.8, 4) is 0 Å². The number of esters is 1. The minimum atomic E-state index is -2.05. The number of ether oxygens (including phenoxy) is 1. The highest BCUT2D eigenvalue weighted by Crippen LogP contribution is 2.30. The summed E-state index contributed by atoms with van der Waals surface area (Å²) in [5.41, 5.74) is -2.86. The second kappa shape index (κ2) is 7.03. The second-order valence-electron chi connectivity index (χ2n) is 6.66. The Morgan fingerprint density at radius 3 is 2.18 bits per heavy atom. The molecule has 6 nitrogen and oxygen atoms in total. The van der Waals surface area contributed by atoms with Crippen molar-refractivity contribution >= 4 is 23.9 Å². The summed E-state index contributed by atoms with van der Waals surface area (Å²) in [5.74, 6) is -3.04. The maximum atomic E-state index is 12.7. The number of hydrogen-bond acceptors (Lipinski definition) is 5. The number of aliphatic carboxylic acids is 1. The average molecular weight is 310 g/mol. The maximum absolute atomic E-state index is 12.7. The Balaban J connectivity index is 3.06. The number of carboxylic acid groups (broad SMARTS) is 1. The van der Waals surface area contributed by atoms with Crippen molar-refractivity contribution in [1.82, 2.24) is 0 Å². The molecule has 1 atom stereocenters. The van der Waals surface area contributed by atoms with Crippen LogP contribution in [0, 0.1) is 12.8 Å². The number of rotatable bonds is 5. The average Bonchev–Trinajstić information content (AvgIpc) is 2.43. The number of aliphatic imine (C=N–C) groups is 1. The van der Waals surface area contributed by atoms with E-state index in [0.717, 1.165) is 19.3 Å². The lowest BCUT2D eigenvalue weighted by Crippen LogP contribution is -2.49. The molecule has 0 heterocycles. The Hall–Kier alpha value is -1.72. The predicted molar refractivity (Wildman–Crippen MR) is 81.6 cm³/mol. The molecule has 0 aromatic heterocycles. The molecule has 1 rings (SSSR count). The van der Waals surface area contributed by atoms with Crippen molar-refractivity contribution in [2.45, 2.75) is 64.0 Å². The van der Waals surface area contributed by atoms with E-state index in [-0.39, 0.29) is 5.92 Å². The lowest BCUT2D eigenvalue weighted by Gasteiger charge is -2.31. The number of carboxylic acids is 1. The molecule has 0 spiro atoms.